The Hall–Kier alpha value is -3.60. The summed E-state index contributed by atoms with van der Waals surface area (Å²) in [6, 6.07) is 19.2. The van der Waals surface area contributed by atoms with Crippen LogP contribution >= 0.6 is 0 Å². The van der Waals surface area contributed by atoms with Crippen LogP contribution in [0.15, 0.2) is 77.7 Å². The number of sulfonamides is 2. The summed E-state index contributed by atoms with van der Waals surface area (Å²) in [5.41, 5.74) is -4.44. The van der Waals surface area contributed by atoms with Crippen LogP contribution in [0.1, 0.15) is 16.7 Å². The van der Waals surface area contributed by atoms with Gasteiger partial charge in [-0.05, 0) is 47.5 Å². The molecular weight excluding hydrogens is 519 g/mol. The number of hydrogen-bond acceptors (Lipinski definition) is 6. The molecule has 3 aromatic rings. The first-order valence-corrected chi connectivity index (χ1v) is 13.1. The van der Waals surface area contributed by atoms with Gasteiger partial charge in [-0.25, -0.2) is 8.42 Å². The summed E-state index contributed by atoms with van der Waals surface area (Å²) in [6.07, 6.45) is 0. The number of rotatable bonds is 9. The average molecular weight is 540 g/mol. The second-order valence-corrected chi connectivity index (χ2v) is 11.1. The van der Waals surface area contributed by atoms with E-state index in [0.717, 1.165) is 16.4 Å². The summed E-state index contributed by atoms with van der Waals surface area (Å²) in [5.74, 6) is 0.124. The van der Waals surface area contributed by atoms with E-state index in [2.05, 4.69) is 0 Å². The molecule has 0 unspecified atom stereocenters. The van der Waals surface area contributed by atoms with Crippen molar-refractivity contribution < 1.29 is 34.7 Å². The van der Waals surface area contributed by atoms with Gasteiger partial charge in [0.25, 0.3) is 0 Å². The van der Waals surface area contributed by atoms with Gasteiger partial charge < -0.3 is 4.74 Å². The normalized spacial score (nSPS) is 12.2. The molecule has 0 saturated heterocycles. The maximum absolute atomic E-state index is 13.6. The molecule has 0 atom stereocenters. The monoisotopic (exact) mass is 539 g/mol. The summed E-state index contributed by atoms with van der Waals surface area (Å²) in [7, 11) is -8.39. The van der Waals surface area contributed by atoms with Crippen molar-refractivity contribution in [2.75, 3.05) is 11.8 Å². The topological polar surface area (TPSA) is 117 Å². The van der Waals surface area contributed by atoms with E-state index in [1.54, 1.807) is 30.3 Å². The third-order valence-corrected chi connectivity index (χ3v) is 7.94. The number of nitrogens with zero attached hydrogens (tertiary/aromatic N) is 2. The number of hydrogen-bond donors (Lipinski definition) is 1. The molecule has 1 N–H and O–H groups in total. The van der Waals surface area contributed by atoms with E-state index in [1.165, 1.54) is 42.2 Å². The molecule has 36 heavy (non-hydrogen) atoms. The lowest BCUT2D eigenvalue weighted by molar-refractivity contribution is -0.0429. The quantitative estimate of drug-likeness (QED) is 0.435. The molecular formula is C23H20F3N3O5S2. The van der Waals surface area contributed by atoms with E-state index in [0.29, 0.717) is 16.7 Å². The second-order valence-electron chi connectivity index (χ2n) is 7.48. The van der Waals surface area contributed by atoms with Crippen LogP contribution in [0.5, 0.6) is 5.75 Å². The molecule has 0 spiro atoms. The number of para-hydroxylation sites is 1. The number of nitrogens with one attached hydrogen (secondary N) is 1. The molecule has 0 aromatic heterocycles. The Morgan fingerprint density at radius 1 is 0.889 bits per heavy atom. The van der Waals surface area contributed by atoms with Crippen molar-refractivity contribution in [1.82, 2.24) is 4.31 Å². The van der Waals surface area contributed by atoms with Gasteiger partial charge >= 0.3 is 15.5 Å². The fraction of sp³-hybridized carbons (Fsp3) is 0.174. The van der Waals surface area contributed by atoms with Crippen molar-refractivity contribution >= 4 is 25.7 Å². The van der Waals surface area contributed by atoms with Crippen LogP contribution in [0, 0.1) is 11.3 Å². The second kappa shape index (κ2) is 10.6. The first-order valence-electron chi connectivity index (χ1n) is 10.2. The maximum atomic E-state index is 13.6. The molecule has 0 bridgehead atoms. The molecule has 0 aliphatic carbocycles. The van der Waals surface area contributed by atoms with Gasteiger partial charge in [0.2, 0.25) is 10.0 Å². The Labute approximate surface area is 206 Å². The molecule has 0 amide bonds. The summed E-state index contributed by atoms with van der Waals surface area (Å²) < 4.78 is 95.5. The molecule has 8 nitrogen and oxygen atoms in total. The number of ether oxygens (including phenoxy) is 1. The van der Waals surface area contributed by atoms with E-state index in [-0.39, 0.29) is 29.4 Å². The Morgan fingerprint density at radius 3 is 1.92 bits per heavy atom. The van der Waals surface area contributed by atoms with Gasteiger partial charge in [-0.15, -0.1) is 0 Å². The molecule has 0 aliphatic heterocycles. The van der Waals surface area contributed by atoms with Crippen LogP contribution in [0.3, 0.4) is 0 Å². The highest BCUT2D eigenvalue weighted by Gasteiger charge is 2.46. The maximum Gasteiger partial charge on any atom is 0.516 e. The fourth-order valence-corrected chi connectivity index (χ4v) is 5.31. The molecule has 13 heteroatoms. The summed E-state index contributed by atoms with van der Waals surface area (Å²) in [5, 5.41) is 9.00. The van der Waals surface area contributed by atoms with Crippen LogP contribution in [-0.4, -0.2) is 33.8 Å². The van der Waals surface area contributed by atoms with Crippen molar-refractivity contribution in [2.45, 2.75) is 23.5 Å². The lowest BCUT2D eigenvalue weighted by Crippen LogP contribution is -2.31. The average Bonchev–Trinajstić information content (AvgIpc) is 2.84. The molecule has 0 heterocycles. The SMILES string of the molecule is COc1ccccc1S(=O)(=O)N(Cc1ccc(C#N)cc1)Cc1ccc(NS(=O)(=O)C(F)(F)F)cc1. The molecule has 3 rings (SSSR count). The number of nitriles is 1. The predicted octanol–water partition coefficient (Wildman–Crippen LogP) is 4.22. The van der Waals surface area contributed by atoms with Crippen molar-refractivity contribution in [3.63, 3.8) is 0 Å². The van der Waals surface area contributed by atoms with E-state index in [4.69, 9.17) is 10.00 Å². The van der Waals surface area contributed by atoms with Gasteiger partial charge in [-0.3, -0.25) is 4.72 Å². The molecule has 190 valence electrons. The van der Waals surface area contributed by atoms with Gasteiger partial charge in [0, 0.05) is 18.8 Å². The molecule has 3 aromatic carbocycles. The molecule has 0 radical (unpaired) electrons. The summed E-state index contributed by atoms with van der Waals surface area (Å²) >= 11 is 0. The van der Waals surface area contributed by atoms with E-state index >= 15 is 0 Å². The first-order chi connectivity index (χ1) is 16.9. The number of benzene rings is 3. The Balaban J connectivity index is 1.94. The van der Waals surface area contributed by atoms with Gasteiger partial charge in [-0.2, -0.15) is 31.2 Å². The summed E-state index contributed by atoms with van der Waals surface area (Å²) in [6.45, 7) is -0.277. The zero-order chi connectivity index (χ0) is 26.6. The number of halogens is 3. The lowest BCUT2D eigenvalue weighted by Gasteiger charge is -2.24. The third kappa shape index (κ3) is 6.14. The van der Waals surface area contributed by atoms with Crippen LogP contribution < -0.4 is 9.46 Å². The minimum Gasteiger partial charge on any atom is -0.495 e. The van der Waals surface area contributed by atoms with Crippen LogP contribution in [0.4, 0.5) is 18.9 Å². The van der Waals surface area contributed by atoms with Gasteiger partial charge in [0.15, 0.2) is 0 Å². The highest BCUT2D eigenvalue weighted by molar-refractivity contribution is 7.93. The molecule has 0 fully saturated rings. The number of alkyl halides is 3. The predicted molar refractivity (Wildman–Crippen MR) is 126 cm³/mol. The van der Waals surface area contributed by atoms with Crippen LogP contribution in [0.25, 0.3) is 0 Å². The standard InChI is InChI=1S/C23H20F3N3O5S2/c1-34-21-4-2-3-5-22(21)35(30,31)29(15-18-8-6-17(14-27)7-9-18)16-19-10-12-20(13-11-19)28-36(32,33)23(24,25)26/h2-13,28H,15-16H2,1H3. The van der Waals surface area contributed by atoms with Gasteiger partial charge in [-0.1, -0.05) is 36.4 Å². The summed E-state index contributed by atoms with van der Waals surface area (Å²) in [4.78, 5) is -0.0873. The fourth-order valence-electron chi connectivity index (χ4n) is 3.18. The zero-order valence-corrected chi connectivity index (χ0v) is 20.4. The largest absolute Gasteiger partial charge is 0.516 e. The number of methoxy groups -OCH3 is 1. The molecule has 0 aliphatic rings. The van der Waals surface area contributed by atoms with Crippen LogP contribution in [-0.2, 0) is 33.1 Å². The Morgan fingerprint density at radius 2 is 1.42 bits per heavy atom. The third-order valence-electron chi connectivity index (χ3n) is 5.00. The van der Waals surface area contributed by atoms with E-state index in [1.807, 2.05) is 6.07 Å². The number of anilines is 1. The van der Waals surface area contributed by atoms with Gasteiger partial charge in [0.1, 0.15) is 10.6 Å². The molecule has 0 saturated carbocycles. The van der Waals surface area contributed by atoms with Crippen molar-refractivity contribution in [3.8, 4) is 11.8 Å². The Kier molecular flexibility index (Phi) is 7.92. The van der Waals surface area contributed by atoms with E-state index < -0.39 is 25.6 Å². The van der Waals surface area contributed by atoms with Crippen molar-refractivity contribution in [2.24, 2.45) is 0 Å². The minimum atomic E-state index is -5.59. The minimum absolute atomic E-state index is 0.0873. The van der Waals surface area contributed by atoms with Gasteiger partial charge in [0.05, 0.1) is 18.7 Å². The highest BCUT2D eigenvalue weighted by atomic mass is 32.2. The highest BCUT2D eigenvalue weighted by Crippen LogP contribution is 2.29. The first kappa shape index (κ1) is 27.0. The Bertz CT molecular complexity index is 1470. The smallest absolute Gasteiger partial charge is 0.495 e. The van der Waals surface area contributed by atoms with Crippen molar-refractivity contribution in [1.29, 1.82) is 5.26 Å². The van der Waals surface area contributed by atoms with Crippen molar-refractivity contribution in [3.05, 3.63) is 89.5 Å². The van der Waals surface area contributed by atoms with Crippen LogP contribution in [0.2, 0.25) is 0 Å². The lowest BCUT2D eigenvalue weighted by atomic mass is 10.1. The van der Waals surface area contributed by atoms with E-state index in [9.17, 15) is 30.0 Å². The zero-order valence-electron chi connectivity index (χ0n) is 18.7.